The molecule has 0 radical (unpaired) electrons. The summed E-state index contributed by atoms with van der Waals surface area (Å²) in [5.41, 5.74) is 17.0. The lowest BCUT2D eigenvalue weighted by Gasteiger charge is -2.15. The molecule has 3 heteroatoms. The molecule has 2 nitrogen and oxygen atoms in total. The lowest BCUT2D eigenvalue weighted by Crippen LogP contribution is -2.34. The van der Waals surface area contributed by atoms with Crippen molar-refractivity contribution in [2.75, 3.05) is 0 Å². The van der Waals surface area contributed by atoms with Gasteiger partial charge in [-0.2, -0.15) is 0 Å². The number of H-pyrrole nitrogens is 1. The van der Waals surface area contributed by atoms with Crippen molar-refractivity contribution in [2.24, 2.45) is 0 Å². The molecule has 0 aliphatic heterocycles. The van der Waals surface area contributed by atoms with Gasteiger partial charge in [0.05, 0.1) is 0 Å². The van der Waals surface area contributed by atoms with E-state index in [1.807, 2.05) is 12.1 Å². The fraction of sp³-hybridized carbons (Fsp3) is 0.162. The van der Waals surface area contributed by atoms with E-state index >= 15 is 0 Å². The number of nitrogens with zero attached hydrogens (tertiary/aromatic N) is 1. The predicted molar refractivity (Wildman–Crippen MR) is 175 cm³/mol. The van der Waals surface area contributed by atoms with E-state index in [0.29, 0.717) is 0 Å². The van der Waals surface area contributed by atoms with Crippen LogP contribution in [0.5, 0.6) is 0 Å². The Morgan fingerprint density at radius 3 is 1.55 bits per heavy atom. The van der Waals surface area contributed by atoms with Crippen LogP contribution in [0.3, 0.4) is 0 Å². The third kappa shape index (κ3) is 6.10. The first-order valence-corrected chi connectivity index (χ1v) is 14.0. The van der Waals surface area contributed by atoms with E-state index in [1.165, 1.54) is 61.0 Å². The molecule has 0 saturated heterocycles. The number of aryl methyl sites for hydroxylation is 6. The lowest BCUT2D eigenvalue weighted by molar-refractivity contribution is 1.32. The molecule has 6 aromatic rings. The zero-order valence-corrected chi connectivity index (χ0v) is 24.5. The van der Waals surface area contributed by atoms with Gasteiger partial charge in [0.1, 0.15) is 5.65 Å². The van der Waals surface area contributed by atoms with Gasteiger partial charge in [-0.1, -0.05) is 123 Å². The summed E-state index contributed by atoms with van der Waals surface area (Å²) in [6.45, 7) is 13.3. The van der Waals surface area contributed by atoms with Crippen molar-refractivity contribution >= 4 is 29.2 Å². The van der Waals surface area contributed by atoms with Gasteiger partial charge in [-0.3, -0.25) is 0 Å². The number of fused-ring (bicyclic) bond motifs is 1. The molecule has 40 heavy (non-hydrogen) atoms. The van der Waals surface area contributed by atoms with Gasteiger partial charge < -0.3 is 4.98 Å². The highest BCUT2D eigenvalue weighted by Crippen LogP contribution is 2.26. The maximum atomic E-state index is 4.34. The van der Waals surface area contributed by atoms with Crippen LogP contribution in [0.1, 0.15) is 33.4 Å². The number of hydrogen-bond donors (Lipinski definition) is 1. The Labute approximate surface area is 239 Å². The van der Waals surface area contributed by atoms with E-state index in [9.17, 15) is 0 Å². The summed E-state index contributed by atoms with van der Waals surface area (Å²) in [6, 6.07) is 34.4. The maximum Gasteiger partial charge on any atom is 0.193 e. The number of benzene rings is 4. The van der Waals surface area contributed by atoms with E-state index in [1.54, 1.807) is 6.20 Å². The number of nitrogens with one attached hydrogen (secondary N) is 1. The fourth-order valence-corrected chi connectivity index (χ4v) is 5.74. The second-order valence-corrected chi connectivity index (χ2v) is 11.0. The van der Waals surface area contributed by atoms with Crippen molar-refractivity contribution in [1.29, 1.82) is 0 Å². The summed E-state index contributed by atoms with van der Waals surface area (Å²) in [5.74, 6) is 0. The van der Waals surface area contributed by atoms with E-state index in [4.69, 9.17) is 0 Å². The Bertz CT molecular complexity index is 1630. The van der Waals surface area contributed by atoms with Gasteiger partial charge in [-0.25, -0.2) is 4.98 Å². The van der Waals surface area contributed by atoms with Crippen molar-refractivity contribution in [3.63, 3.8) is 0 Å². The highest BCUT2D eigenvalue weighted by atomic mass is 14.8. The van der Waals surface area contributed by atoms with Crippen molar-refractivity contribution in [1.82, 2.24) is 9.97 Å². The molecule has 0 fully saturated rings. The molecule has 0 bridgehead atoms. The molecule has 4 aromatic carbocycles. The van der Waals surface area contributed by atoms with E-state index in [2.05, 4.69) is 136 Å². The summed E-state index contributed by atoms with van der Waals surface area (Å²) < 4.78 is 0. The van der Waals surface area contributed by atoms with Gasteiger partial charge in [-0.15, -0.1) is 0 Å². The standard InChI is InChI=1S/C19H14N2.C18H23B/c1-2-5-14(6-3-1)15-8-10-16(11-9-15)18-13-17-7-4-12-20-19(17)21-18;1-11-7-13(3)17(14(4)8-11)19-18-15(5)9-12(2)10-16(18)6/h1-13H,(H,20,21);7-10,19H,1-6H3. The van der Waals surface area contributed by atoms with Crippen LogP contribution in [0.2, 0.25) is 0 Å². The monoisotopic (exact) mass is 520 g/mol. The summed E-state index contributed by atoms with van der Waals surface area (Å²) in [6.07, 6.45) is 1.81. The van der Waals surface area contributed by atoms with Gasteiger partial charge in [0.15, 0.2) is 7.28 Å². The highest BCUT2D eigenvalue weighted by molar-refractivity contribution is 6.69. The Morgan fingerprint density at radius 2 is 1.02 bits per heavy atom. The molecule has 0 saturated carbocycles. The van der Waals surface area contributed by atoms with Crippen LogP contribution < -0.4 is 10.9 Å². The van der Waals surface area contributed by atoms with Gasteiger partial charge in [0, 0.05) is 17.3 Å². The third-order valence-electron chi connectivity index (χ3n) is 7.73. The van der Waals surface area contributed by atoms with Crippen LogP contribution in [-0.2, 0) is 0 Å². The molecule has 0 spiro atoms. The SMILES string of the molecule is Cc1cc(C)c(Bc2c(C)cc(C)cc2C)c(C)c1.c1ccc(-c2ccc(-c3cc4cccnc4[nH]3)cc2)cc1. The Hall–Kier alpha value is -4.37. The van der Waals surface area contributed by atoms with Crippen LogP contribution in [0.25, 0.3) is 33.4 Å². The Morgan fingerprint density at radius 1 is 0.525 bits per heavy atom. The third-order valence-corrected chi connectivity index (χ3v) is 7.73. The topological polar surface area (TPSA) is 28.7 Å². The molecule has 2 heterocycles. The van der Waals surface area contributed by atoms with Gasteiger partial charge in [0.2, 0.25) is 0 Å². The molecule has 0 aliphatic rings. The maximum absolute atomic E-state index is 4.34. The van der Waals surface area contributed by atoms with Crippen LogP contribution in [0.15, 0.2) is 103 Å². The highest BCUT2D eigenvalue weighted by Gasteiger charge is 2.11. The molecule has 6 rings (SSSR count). The minimum atomic E-state index is 0.930. The molecule has 0 atom stereocenters. The Kier molecular flexibility index (Phi) is 8.02. The molecule has 0 amide bonds. The molecule has 0 aliphatic carbocycles. The first kappa shape index (κ1) is 27.2. The molecule has 2 aromatic heterocycles. The van der Waals surface area contributed by atoms with Crippen LogP contribution in [-0.4, -0.2) is 17.2 Å². The lowest BCUT2D eigenvalue weighted by atomic mass is 9.58. The summed E-state index contributed by atoms with van der Waals surface area (Å²) in [7, 11) is 1.05. The van der Waals surface area contributed by atoms with Crippen molar-refractivity contribution in [3.8, 4) is 22.4 Å². The largest absolute Gasteiger partial charge is 0.339 e. The van der Waals surface area contributed by atoms with Crippen molar-refractivity contribution in [2.45, 2.75) is 41.5 Å². The second kappa shape index (κ2) is 11.8. The summed E-state index contributed by atoms with van der Waals surface area (Å²) in [4.78, 5) is 7.70. The number of pyridine rings is 1. The quantitative estimate of drug-likeness (QED) is 0.236. The zero-order chi connectivity index (χ0) is 28.2. The van der Waals surface area contributed by atoms with Crippen molar-refractivity contribution in [3.05, 3.63) is 137 Å². The zero-order valence-electron chi connectivity index (χ0n) is 24.5. The van der Waals surface area contributed by atoms with Crippen LogP contribution >= 0.6 is 0 Å². The smallest absolute Gasteiger partial charge is 0.193 e. The number of aromatic nitrogens is 2. The fourth-order valence-electron chi connectivity index (χ4n) is 5.74. The number of aromatic amines is 1. The Balaban J connectivity index is 0.000000162. The van der Waals surface area contributed by atoms with Crippen molar-refractivity contribution < 1.29 is 0 Å². The first-order valence-electron chi connectivity index (χ1n) is 14.0. The molecule has 1 N–H and O–H groups in total. The van der Waals surface area contributed by atoms with Crippen LogP contribution in [0, 0.1) is 41.5 Å². The number of hydrogen-bond acceptors (Lipinski definition) is 1. The summed E-state index contributed by atoms with van der Waals surface area (Å²) >= 11 is 0. The minimum Gasteiger partial charge on any atom is -0.339 e. The van der Waals surface area contributed by atoms with E-state index < -0.39 is 0 Å². The summed E-state index contributed by atoms with van der Waals surface area (Å²) in [5, 5.41) is 1.14. The average Bonchev–Trinajstić information content (AvgIpc) is 3.37. The van der Waals surface area contributed by atoms with Gasteiger partial charge in [0.25, 0.3) is 0 Å². The molecular formula is C37H37BN2. The van der Waals surface area contributed by atoms with E-state index in [0.717, 1.165) is 24.0 Å². The second-order valence-electron chi connectivity index (χ2n) is 11.0. The molecule has 0 unspecified atom stereocenters. The molecular weight excluding hydrogens is 483 g/mol. The normalized spacial score (nSPS) is 10.8. The van der Waals surface area contributed by atoms with Gasteiger partial charge in [-0.05, 0) is 76.4 Å². The first-order chi connectivity index (χ1) is 19.3. The van der Waals surface area contributed by atoms with Crippen LogP contribution in [0.4, 0.5) is 0 Å². The van der Waals surface area contributed by atoms with Gasteiger partial charge >= 0.3 is 0 Å². The predicted octanol–water partition coefficient (Wildman–Crippen LogP) is 7.82. The van der Waals surface area contributed by atoms with E-state index in [-0.39, 0.29) is 0 Å². The minimum absolute atomic E-state index is 0.930. The molecule has 198 valence electrons. The number of rotatable bonds is 4. The average molecular weight is 521 g/mol.